The number of nitrogens with two attached hydrogens (primary N) is 1. The Kier molecular flexibility index (Phi) is 5.66. The molecule has 20 heavy (non-hydrogen) atoms. The van der Waals surface area contributed by atoms with Crippen molar-refractivity contribution in [1.29, 1.82) is 0 Å². The van der Waals surface area contributed by atoms with Crippen LogP contribution in [0, 0.1) is 12.8 Å². The summed E-state index contributed by atoms with van der Waals surface area (Å²) in [6, 6.07) is 4.20. The number of hydrogen-bond donors (Lipinski definition) is 4. The standard InChI is InChI=1S/C14H21N3O3/c1-8(2)13(19)17-12-6-10(5-4-9(12)3)16-14(20)11(15)7-18/h4-6,8,11,18H,7,15H2,1-3H3,(H,16,20)(H,17,19)/t11-/m0/s1. The summed E-state index contributed by atoms with van der Waals surface area (Å²) in [5.41, 5.74) is 7.47. The van der Waals surface area contributed by atoms with Gasteiger partial charge in [-0.15, -0.1) is 0 Å². The number of carbonyl (C=O) groups is 2. The fraction of sp³-hybridized carbons (Fsp3) is 0.429. The van der Waals surface area contributed by atoms with Gasteiger partial charge in [0.2, 0.25) is 11.8 Å². The van der Waals surface area contributed by atoms with Crippen LogP contribution in [-0.2, 0) is 9.59 Å². The predicted molar refractivity (Wildman–Crippen MR) is 78.3 cm³/mol. The van der Waals surface area contributed by atoms with E-state index >= 15 is 0 Å². The molecule has 0 saturated carbocycles. The molecule has 0 radical (unpaired) electrons. The van der Waals surface area contributed by atoms with E-state index in [1.54, 1.807) is 32.0 Å². The molecule has 1 aromatic rings. The van der Waals surface area contributed by atoms with Crippen molar-refractivity contribution in [2.75, 3.05) is 17.2 Å². The first-order valence-electron chi connectivity index (χ1n) is 6.44. The van der Waals surface area contributed by atoms with Gasteiger partial charge in [-0.25, -0.2) is 0 Å². The number of rotatable bonds is 5. The van der Waals surface area contributed by atoms with Crippen molar-refractivity contribution >= 4 is 23.2 Å². The maximum atomic E-state index is 11.7. The number of carbonyl (C=O) groups excluding carboxylic acids is 2. The third-order valence-corrected chi connectivity index (χ3v) is 2.82. The number of hydrogen-bond acceptors (Lipinski definition) is 4. The summed E-state index contributed by atoms with van der Waals surface area (Å²) >= 11 is 0. The smallest absolute Gasteiger partial charge is 0.243 e. The highest BCUT2D eigenvalue weighted by molar-refractivity contribution is 5.97. The molecule has 0 aliphatic carbocycles. The first-order chi connectivity index (χ1) is 9.35. The number of aryl methyl sites for hydroxylation is 1. The molecule has 0 bridgehead atoms. The minimum Gasteiger partial charge on any atom is -0.394 e. The van der Waals surface area contributed by atoms with Crippen molar-refractivity contribution in [3.05, 3.63) is 23.8 Å². The number of amides is 2. The van der Waals surface area contributed by atoms with Crippen LogP contribution < -0.4 is 16.4 Å². The van der Waals surface area contributed by atoms with Crippen molar-refractivity contribution < 1.29 is 14.7 Å². The van der Waals surface area contributed by atoms with Crippen molar-refractivity contribution in [2.24, 2.45) is 11.7 Å². The number of benzene rings is 1. The molecule has 0 aromatic heterocycles. The summed E-state index contributed by atoms with van der Waals surface area (Å²) < 4.78 is 0. The second kappa shape index (κ2) is 7.02. The fourth-order valence-electron chi connectivity index (χ4n) is 1.43. The predicted octanol–water partition coefficient (Wildman–Crippen LogP) is 0.848. The van der Waals surface area contributed by atoms with E-state index in [0.717, 1.165) is 5.56 Å². The van der Waals surface area contributed by atoms with E-state index in [9.17, 15) is 9.59 Å². The molecule has 0 spiro atoms. The van der Waals surface area contributed by atoms with Crippen LogP contribution in [0.15, 0.2) is 18.2 Å². The Morgan fingerprint density at radius 3 is 2.45 bits per heavy atom. The van der Waals surface area contributed by atoms with Crippen LogP contribution in [0.5, 0.6) is 0 Å². The highest BCUT2D eigenvalue weighted by Gasteiger charge is 2.13. The zero-order valence-corrected chi connectivity index (χ0v) is 11.9. The van der Waals surface area contributed by atoms with Gasteiger partial charge in [0.05, 0.1) is 6.61 Å². The Balaban J connectivity index is 2.86. The summed E-state index contributed by atoms with van der Waals surface area (Å²) in [4.78, 5) is 23.3. The van der Waals surface area contributed by atoms with Crippen molar-refractivity contribution in [3.8, 4) is 0 Å². The molecule has 1 atom stereocenters. The lowest BCUT2D eigenvalue weighted by Gasteiger charge is -2.14. The van der Waals surface area contributed by atoms with Crippen LogP contribution in [0.1, 0.15) is 19.4 Å². The highest BCUT2D eigenvalue weighted by atomic mass is 16.3. The molecule has 0 heterocycles. The number of aliphatic hydroxyl groups is 1. The van der Waals surface area contributed by atoms with Gasteiger partial charge >= 0.3 is 0 Å². The molecule has 0 unspecified atom stereocenters. The third kappa shape index (κ3) is 4.32. The van der Waals surface area contributed by atoms with Crippen molar-refractivity contribution in [1.82, 2.24) is 0 Å². The lowest BCUT2D eigenvalue weighted by molar-refractivity contribution is -0.119. The second-order valence-electron chi connectivity index (χ2n) is 4.95. The topological polar surface area (TPSA) is 104 Å². The first-order valence-corrected chi connectivity index (χ1v) is 6.44. The summed E-state index contributed by atoms with van der Waals surface area (Å²) in [5, 5.41) is 14.2. The molecule has 110 valence electrons. The summed E-state index contributed by atoms with van der Waals surface area (Å²) in [7, 11) is 0. The molecule has 5 N–H and O–H groups in total. The molecule has 6 nitrogen and oxygen atoms in total. The van der Waals surface area contributed by atoms with E-state index in [-0.39, 0.29) is 11.8 Å². The van der Waals surface area contributed by atoms with Gasteiger partial charge < -0.3 is 21.5 Å². The van der Waals surface area contributed by atoms with Crippen LogP contribution >= 0.6 is 0 Å². The fourth-order valence-corrected chi connectivity index (χ4v) is 1.43. The summed E-state index contributed by atoms with van der Waals surface area (Å²) in [5.74, 6) is -0.698. The number of nitrogens with one attached hydrogen (secondary N) is 2. The molecule has 0 saturated heterocycles. The zero-order valence-electron chi connectivity index (χ0n) is 11.9. The molecule has 1 rings (SSSR count). The normalized spacial score (nSPS) is 12.1. The van der Waals surface area contributed by atoms with Gasteiger partial charge in [-0.3, -0.25) is 9.59 Å². The highest BCUT2D eigenvalue weighted by Crippen LogP contribution is 2.21. The molecule has 2 amide bonds. The van der Waals surface area contributed by atoms with Crippen LogP contribution in [0.4, 0.5) is 11.4 Å². The lowest BCUT2D eigenvalue weighted by Crippen LogP contribution is -2.38. The first kappa shape index (κ1) is 16.1. The third-order valence-electron chi connectivity index (χ3n) is 2.82. The van der Waals surface area contributed by atoms with Gasteiger partial charge in [0.15, 0.2) is 0 Å². The van der Waals surface area contributed by atoms with Gasteiger partial charge in [0, 0.05) is 17.3 Å². The van der Waals surface area contributed by atoms with Crippen LogP contribution in [-0.4, -0.2) is 29.6 Å². The van der Waals surface area contributed by atoms with Crippen molar-refractivity contribution in [3.63, 3.8) is 0 Å². The maximum absolute atomic E-state index is 11.7. The Bertz CT molecular complexity index is 500. The molecule has 1 aromatic carbocycles. The van der Waals surface area contributed by atoms with Crippen LogP contribution in [0.25, 0.3) is 0 Å². The monoisotopic (exact) mass is 279 g/mol. The average Bonchev–Trinajstić information content (AvgIpc) is 2.41. The Morgan fingerprint density at radius 1 is 1.25 bits per heavy atom. The Hall–Kier alpha value is -1.92. The largest absolute Gasteiger partial charge is 0.394 e. The Morgan fingerprint density at radius 2 is 1.90 bits per heavy atom. The van der Waals surface area contributed by atoms with Crippen molar-refractivity contribution in [2.45, 2.75) is 26.8 Å². The van der Waals surface area contributed by atoms with Gasteiger partial charge in [0.1, 0.15) is 6.04 Å². The number of anilines is 2. The summed E-state index contributed by atoms with van der Waals surface area (Å²) in [6.45, 7) is 5.04. The molecule has 0 aliphatic heterocycles. The molecular formula is C14H21N3O3. The zero-order chi connectivity index (χ0) is 15.3. The van der Waals surface area contributed by atoms with E-state index in [1.807, 2.05) is 6.92 Å². The van der Waals surface area contributed by atoms with E-state index in [0.29, 0.717) is 11.4 Å². The van der Waals surface area contributed by atoms with E-state index in [2.05, 4.69) is 10.6 Å². The molecular weight excluding hydrogens is 258 g/mol. The maximum Gasteiger partial charge on any atom is 0.243 e. The SMILES string of the molecule is Cc1ccc(NC(=O)[C@@H](N)CO)cc1NC(=O)C(C)C. The molecule has 0 fully saturated rings. The molecule has 0 aliphatic rings. The van der Waals surface area contributed by atoms with Gasteiger partial charge in [-0.05, 0) is 24.6 Å². The summed E-state index contributed by atoms with van der Waals surface area (Å²) in [6.07, 6.45) is 0. The van der Waals surface area contributed by atoms with Gasteiger partial charge in [-0.1, -0.05) is 19.9 Å². The van der Waals surface area contributed by atoms with Crippen LogP contribution in [0.3, 0.4) is 0 Å². The van der Waals surface area contributed by atoms with Crippen LogP contribution in [0.2, 0.25) is 0 Å². The lowest BCUT2D eigenvalue weighted by atomic mass is 10.1. The average molecular weight is 279 g/mol. The van der Waals surface area contributed by atoms with E-state index in [1.165, 1.54) is 0 Å². The van der Waals surface area contributed by atoms with Gasteiger partial charge in [-0.2, -0.15) is 0 Å². The Labute approximate surface area is 118 Å². The van der Waals surface area contributed by atoms with E-state index < -0.39 is 18.6 Å². The minimum absolute atomic E-state index is 0.0939. The second-order valence-corrected chi connectivity index (χ2v) is 4.95. The minimum atomic E-state index is -0.968. The van der Waals surface area contributed by atoms with E-state index in [4.69, 9.17) is 10.8 Å². The quantitative estimate of drug-likeness (QED) is 0.641. The van der Waals surface area contributed by atoms with Gasteiger partial charge in [0.25, 0.3) is 0 Å². The number of aliphatic hydroxyl groups excluding tert-OH is 1. The molecule has 6 heteroatoms.